The van der Waals surface area contributed by atoms with Crippen molar-refractivity contribution in [2.75, 3.05) is 10.6 Å². The van der Waals surface area contributed by atoms with Crippen molar-refractivity contribution in [3.8, 4) is 17.2 Å². The van der Waals surface area contributed by atoms with Crippen molar-refractivity contribution in [2.45, 2.75) is 0 Å². The Hall–Kier alpha value is -4.64. The van der Waals surface area contributed by atoms with Gasteiger partial charge < -0.3 is 20.5 Å². The first kappa shape index (κ1) is 19.7. The fraction of sp³-hybridized carbons (Fsp3) is 0. The second kappa shape index (κ2) is 8.39. The molecule has 4 rings (SSSR count). The van der Waals surface area contributed by atoms with Gasteiger partial charge in [0.05, 0.1) is 17.8 Å². The summed E-state index contributed by atoms with van der Waals surface area (Å²) in [5.74, 6) is -0.325. The molecule has 0 aliphatic carbocycles. The summed E-state index contributed by atoms with van der Waals surface area (Å²) in [6.07, 6.45) is 1.48. The number of amides is 2. The van der Waals surface area contributed by atoms with E-state index in [1.807, 2.05) is 6.07 Å². The van der Waals surface area contributed by atoms with Crippen molar-refractivity contribution >= 4 is 34.0 Å². The minimum absolute atomic E-state index is 0.0133. The number of aromatic hydroxyl groups is 1. The summed E-state index contributed by atoms with van der Waals surface area (Å²) in [7, 11) is 0. The van der Waals surface area contributed by atoms with Crippen LogP contribution in [-0.4, -0.2) is 16.1 Å². The van der Waals surface area contributed by atoms with Gasteiger partial charge in [-0.05, 0) is 42.5 Å². The van der Waals surface area contributed by atoms with Gasteiger partial charge in [-0.15, -0.1) is 0 Å². The van der Waals surface area contributed by atoms with E-state index < -0.39 is 11.8 Å². The number of rotatable bonds is 4. The Morgan fingerprint density at radius 1 is 1.06 bits per heavy atom. The molecule has 2 amide bonds. The van der Waals surface area contributed by atoms with E-state index in [-0.39, 0.29) is 22.9 Å². The van der Waals surface area contributed by atoms with Crippen LogP contribution < -0.4 is 15.4 Å². The molecule has 3 N–H and O–H groups in total. The molecular formula is C23H15FN4O3. The van der Waals surface area contributed by atoms with E-state index in [2.05, 4.69) is 20.5 Å². The first-order chi connectivity index (χ1) is 15.0. The largest absolute Gasteiger partial charge is 0.519 e. The lowest BCUT2D eigenvalue weighted by atomic mass is 10.1. The van der Waals surface area contributed by atoms with E-state index in [4.69, 9.17) is 11.3 Å². The Balaban J connectivity index is 1.54. The van der Waals surface area contributed by atoms with Crippen molar-refractivity contribution in [2.24, 2.45) is 0 Å². The van der Waals surface area contributed by atoms with Crippen molar-refractivity contribution in [1.29, 1.82) is 0 Å². The first-order valence-electron chi connectivity index (χ1n) is 9.13. The van der Waals surface area contributed by atoms with Gasteiger partial charge in [0, 0.05) is 23.3 Å². The standard InChI is InChI=1S/C23H15FN4O3/c1-25-20-12-16-19(13-21(20)29)26-10-9-22(16)31-15-7-8-18(17(24)11-15)28-23(30)27-14-5-3-2-4-6-14/h2-13,29H,(H2,27,28,30). The molecule has 1 heterocycles. The van der Waals surface area contributed by atoms with Gasteiger partial charge in [-0.25, -0.2) is 14.0 Å². The summed E-state index contributed by atoms with van der Waals surface area (Å²) >= 11 is 0. The summed E-state index contributed by atoms with van der Waals surface area (Å²) < 4.78 is 20.3. The van der Waals surface area contributed by atoms with Crippen LogP contribution in [0.2, 0.25) is 0 Å². The Kier molecular flexibility index (Phi) is 5.32. The molecule has 0 unspecified atom stereocenters. The number of fused-ring (bicyclic) bond motifs is 1. The van der Waals surface area contributed by atoms with E-state index in [0.29, 0.717) is 22.3 Å². The molecule has 0 saturated heterocycles. The van der Waals surface area contributed by atoms with Crippen molar-refractivity contribution in [3.63, 3.8) is 0 Å². The summed E-state index contributed by atoms with van der Waals surface area (Å²) in [4.78, 5) is 19.5. The van der Waals surface area contributed by atoms with Gasteiger partial charge in [-0.1, -0.05) is 18.2 Å². The van der Waals surface area contributed by atoms with Crippen LogP contribution in [0.4, 0.5) is 26.2 Å². The number of pyridine rings is 1. The number of hydrogen-bond donors (Lipinski definition) is 3. The van der Waals surface area contributed by atoms with E-state index in [0.717, 1.165) is 6.07 Å². The highest BCUT2D eigenvalue weighted by Crippen LogP contribution is 2.37. The third-order valence-corrected chi connectivity index (χ3v) is 4.37. The highest BCUT2D eigenvalue weighted by atomic mass is 19.1. The van der Waals surface area contributed by atoms with Crippen LogP contribution >= 0.6 is 0 Å². The number of phenolic OH excluding ortho intramolecular Hbond substituents is 1. The molecule has 0 aliphatic heterocycles. The second-order valence-corrected chi connectivity index (χ2v) is 6.47. The summed E-state index contributed by atoms with van der Waals surface area (Å²) in [5.41, 5.74) is 1.05. The lowest BCUT2D eigenvalue weighted by Crippen LogP contribution is -2.20. The minimum atomic E-state index is -0.682. The van der Waals surface area contributed by atoms with Gasteiger partial charge >= 0.3 is 6.03 Å². The molecule has 4 aromatic rings. The topological polar surface area (TPSA) is 87.8 Å². The van der Waals surface area contributed by atoms with Gasteiger partial charge in [-0.2, -0.15) is 0 Å². The van der Waals surface area contributed by atoms with Gasteiger partial charge in [0.15, 0.2) is 0 Å². The summed E-state index contributed by atoms with van der Waals surface area (Å²) in [6.45, 7) is 7.14. The summed E-state index contributed by atoms with van der Waals surface area (Å²) in [5, 5.41) is 15.4. The number of anilines is 2. The van der Waals surface area contributed by atoms with Crippen LogP contribution in [0.15, 0.2) is 72.9 Å². The third-order valence-electron chi connectivity index (χ3n) is 4.37. The predicted octanol–water partition coefficient (Wildman–Crippen LogP) is 6.07. The molecule has 1 aromatic heterocycles. The molecule has 0 saturated carbocycles. The maximum Gasteiger partial charge on any atom is 0.323 e. The zero-order chi connectivity index (χ0) is 21.8. The first-order valence-corrected chi connectivity index (χ1v) is 9.13. The fourth-order valence-electron chi connectivity index (χ4n) is 2.92. The number of nitrogens with one attached hydrogen (secondary N) is 2. The molecule has 7 nitrogen and oxygen atoms in total. The highest BCUT2D eigenvalue weighted by molar-refractivity contribution is 5.99. The molecule has 152 valence electrons. The van der Waals surface area contributed by atoms with Gasteiger partial charge in [0.25, 0.3) is 0 Å². The normalized spacial score (nSPS) is 10.3. The van der Waals surface area contributed by atoms with Gasteiger partial charge in [0.1, 0.15) is 23.1 Å². The molecule has 0 radical (unpaired) electrons. The van der Waals surface area contributed by atoms with Crippen LogP contribution in [0.5, 0.6) is 17.2 Å². The number of para-hydroxylation sites is 1. The fourth-order valence-corrected chi connectivity index (χ4v) is 2.92. The number of phenols is 1. The SMILES string of the molecule is [C-]#[N+]c1cc2c(Oc3ccc(NC(=O)Nc4ccccc4)c(F)c3)ccnc2cc1O. The molecule has 0 aliphatic rings. The zero-order valence-corrected chi connectivity index (χ0v) is 16.0. The molecule has 0 fully saturated rings. The number of urea groups is 1. The van der Waals surface area contributed by atoms with Gasteiger partial charge in [0.2, 0.25) is 5.69 Å². The number of halogens is 1. The van der Waals surface area contributed by atoms with E-state index in [1.54, 1.807) is 30.3 Å². The quantitative estimate of drug-likeness (QED) is 0.354. The molecule has 0 bridgehead atoms. The summed E-state index contributed by atoms with van der Waals surface area (Å²) in [6, 6.07) is 16.6. The number of carbonyl (C=O) groups excluding carboxylic acids is 1. The smallest absolute Gasteiger partial charge is 0.323 e. The third kappa shape index (κ3) is 4.36. The Bertz CT molecular complexity index is 1320. The number of aromatic nitrogens is 1. The maximum absolute atomic E-state index is 14.5. The number of benzene rings is 3. The van der Waals surface area contributed by atoms with E-state index >= 15 is 0 Å². The van der Waals surface area contributed by atoms with Crippen LogP contribution in [-0.2, 0) is 0 Å². The minimum Gasteiger partial charge on any atom is -0.519 e. The van der Waals surface area contributed by atoms with E-state index in [9.17, 15) is 14.3 Å². The van der Waals surface area contributed by atoms with Crippen molar-refractivity contribution in [1.82, 2.24) is 4.98 Å². The number of nitrogens with zero attached hydrogens (tertiary/aromatic N) is 2. The lowest BCUT2D eigenvalue weighted by Gasteiger charge is -2.12. The van der Waals surface area contributed by atoms with Crippen molar-refractivity contribution in [3.05, 3.63) is 90.2 Å². The Morgan fingerprint density at radius 3 is 2.61 bits per heavy atom. The molecular weight excluding hydrogens is 399 g/mol. The molecule has 0 spiro atoms. The average molecular weight is 414 g/mol. The van der Waals surface area contributed by atoms with Gasteiger partial charge in [-0.3, -0.25) is 4.98 Å². The van der Waals surface area contributed by atoms with Crippen LogP contribution in [0, 0.1) is 12.4 Å². The van der Waals surface area contributed by atoms with Crippen LogP contribution in [0.25, 0.3) is 15.7 Å². The predicted molar refractivity (Wildman–Crippen MR) is 115 cm³/mol. The number of ether oxygens (including phenoxy) is 1. The Labute approximate surface area is 176 Å². The maximum atomic E-state index is 14.5. The van der Waals surface area contributed by atoms with Crippen LogP contribution in [0.3, 0.4) is 0 Å². The average Bonchev–Trinajstić information content (AvgIpc) is 2.76. The molecule has 31 heavy (non-hydrogen) atoms. The lowest BCUT2D eigenvalue weighted by molar-refractivity contribution is 0.262. The van der Waals surface area contributed by atoms with Crippen LogP contribution in [0.1, 0.15) is 0 Å². The highest BCUT2D eigenvalue weighted by Gasteiger charge is 2.12. The number of hydrogen-bond acceptors (Lipinski definition) is 4. The van der Waals surface area contributed by atoms with Crippen molar-refractivity contribution < 1.29 is 19.0 Å². The monoisotopic (exact) mass is 414 g/mol. The Morgan fingerprint density at radius 2 is 1.87 bits per heavy atom. The molecule has 3 aromatic carbocycles. The van der Waals surface area contributed by atoms with E-state index in [1.165, 1.54) is 30.5 Å². The molecule has 0 atom stereocenters. The number of carbonyl (C=O) groups is 1. The second-order valence-electron chi connectivity index (χ2n) is 6.47. The zero-order valence-electron chi connectivity index (χ0n) is 16.0. The molecule has 8 heteroatoms.